The number of furan rings is 1. The van der Waals surface area contributed by atoms with Gasteiger partial charge in [-0.25, -0.2) is 4.79 Å². The lowest BCUT2D eigenvalue weighted by Crippen LogP contribution is -2.58. The second-order valence-corrected chi connectivity index (χ2v) is 5.82. The normalized spacial score (nSPS) is 17.6. The van der Waals surface area contributed by atoms with Crippen LogP contribution in [0.4, 0.5) is 4.79 Å². The molecular formula is C15H22N2O4. The molecule has 3 N–H and O–H groups in total. The fourth-order valence-electron chi connectivity index (χ4n) is 2.63. The molecule has 1 saturated carbocycles. The zero-order valence-electron chi connectivity index (χ0n) is 12.2. The Morgan fingerprint density at radius 2 is 2.24 bits per heavy atom. The Morgan fingerprint density at radius 1 is 1.48 bits per heavy atom. The van der Waals surface area contributed by atoms with Crippen LogP contribution in [0.15, 0.2) is 22.8 Å². The molecule has 1 aromatic heterocycles. The quantitative estimate of drug-likeness (QED) is 0.719. The smallest absolute Gasteiger partial charge is 0.315 e. The van der Waals surface area contributed by atoms with Gasteiger partial charge in [0.15, 0.2) is 0 Å². The summed E-state index contributed by atoms with van der Waals surface area (Å²) < 4.78 is 5.25. The average molecular weight is 294 g/mol. The summed E-state index contributed by atoms with van der Waals surface area (Å²) in [5, 5.41) is 14.6. The van der Waals surface area contributed by atoms with E-state index < -0.39 is 11.5 Å². The standard InChI is InChI=1S/C15H22N2O4/c1-11(5-6-12-4-2-9-21-12)16-14(20)17-15(7-3-8-15)10-13(18)19/h2,4,9,11H,3,5-8,10H2,1H3,(H,18,19)(H2,16,17,20). The van der Waals surface area contributed by atoms with Gasteiger partial charge in [0.25, 0.3) is 0 Å². The number of carboxylic acids is 1. The molecule has 1 aromatic rings. The molecule has 0 radical (unpaired) electrons. The van der Waals surface area contributed by atoms with Gasteiger partial charge in [0.2, 0.25) is 0 Å². The van der Waals surface area contributed by atoms with E-state index in [1.165, 1.54) is 0 Å². The van der Waals surface area contributed by atoms with Crippen molar-refractivity contribution in [2.45, 2.75) is 57.0 Å². The Balaban J connectivity index is 1.74. The van der Waals surface area contributed by atoms with Crippen molar-refractivity contribution in [3.05, 3.63) is 24.2 Å². The number of carbonyl (C=O) groups is 2. The van der Waals surface area contributed by atoms with Gasteiger partial charge in [0, 0.05) is 12.5 Å². The number of rotatable bonds is 7. The largest absolute Gasteiger partial charge is 0.481 e. The van der Waals surface area contributed by atoms with E-state index >= 15 is 0 Å². The molecule has 0 spiro atoms. The summed E-state index contributed by atoms with van der Waals surface area (Å²) >= 11 is 0. The van der Waals surface area contributed by atoms with Crippen LogP contribution in [0.5, 0.6) is 0 Å². The summed E-state index contributed by atoms with van der Waals surface area (Å²) in [4.78, 5) is 22.8. The first-order chi connectivity index (χ1) is 9.99. The van der Waals surface area contributed by atoms with E-state index in [2.05, 4.69) is 10.6 Å². The maximum absolute atomic E-state index is 12.0. The third-order valence-electron chi connectivity index (χ3n) is 3.96. The minimum atomic E-state index is -0.874. The summed E-state index contributed by atoms with van der Waals surface area (Å²) in [5.74, 6) is 0.0197. The van der Waals surface area contributed by atoms with Gasteiger partial charge < -0.3 is 20.2 Å². The number of amides is 2. The molecule has 0 aromatic carbocycles. The van der Waals surface area contributed by atoms with Gasteiger partial charge in [-0.3, -0.25) is 4.79 Å². The number of aliphatic carboxylic acids is 1. The SMILES string of the molecule is CC(CCc1ccco1)NC(=O)NC1(CC(=O)O)CCC1. The summed E-state index contributed by atoms with van der Waals surface area (Å²) in [6.45, 7) is 1.92. The van der Waals surface area contributed by atoms with Crippen molar-refractivity contribution in [1.82, 2.24) is 10.6 Å². The highest BCUT2D eigenvalue weighted by atomic mass is 16.4. The van der Waals surface area contributed by atoms with Crippen LogP contribution in [0.1, 0.15) is 44.8 Å². The molecule has 1 fully saturated rings. The van der Waals surface area contributed by atoms with E-state index in [1.54, 1.807) is 6.26 Å². The number of aryl methyl sites for hydroxylation is 1. The van der Waals surface area contributed by atoms with Crippen molar-refractivity contribution >= 4 is 12.0 Å². The summed E-state index contributed by atoms with van der Waals surface area (Å²) in [6, 6.07) is 3.45. The molecule has 2 rings (SSSR count). The van der Waals surface area contributed by atoms with Gasteiger partial charge in [0.1, 0.15) is 5.76 Å². The van der Waals surface area contributed by atoms with Gasteiger partial charge in [-0.15, -0.1) is 0 Å². The Hall–Kier alpha value is -1.98. The number of nitrogens with one attached hydrogen (secondary N) is 2. The first kappa shape index (κ1) is 15.4. The maximum Gasteiger partial charge on any atom is 0.315 e. The third-order valence-corrected chi connectivity index (χ3v) is 3.96. The topological polar surface area (TPSA) is 91.6 Å². The number of carboxylic acid groups (broad SMARTS) is 1. The van der Waals surface area contributed by atoms with Gasteiger partial charge in [-0.2, -0.15) is 0 Å². The lowest BCUT2D eigenvalue weighted by Gasteiger charge is -2.41. The molecule has 1 atom stereocenters. The predicted octanol–water partition coefficient (Wildman–Crippen LogP) is 2.30. The van der Waals surface area contributed by atoms with E-state index in [-0.39, 0.29) is 18.5 Å². The zero-order valence-corrected chi connectivity index (χ0v) is 12.2. The van der Waals surface area contributed by atoms with Crippen LogP contribution >= 0.6 is 0 Å². The molecule has 1 aliphatic carbocycles. The fraction of sp³-hybridized carbons (Fsp3) is 0.600. The van der Waals surface area contributed by atoms with Crippen molar-refractivity contribution in [2.75, 3.05) is 0 Å². The van der Waals surface area contributed by atoms with Gasteiger partial charge >= 0.3 is 12.0 Å². The van der Waals surface area contributed by atoms with Crippen LogP contribution in [-0.2, 0) is 11.2 Å². The van der Waals surface area contributed by atoms with Gasteiger partial charge in [-0.05, 0) is 44.7 Å². The second-order valence-electron chi connectivity index (χ2n) is 5.82. The molecule has 1 aliphatic rings. The molecule has 1 heterocycles. The van der Waals surface area contributed by atoms with Crippen LogP contribution in [0, 0.1) is 0 Å². The van der Waals surface area contributed by atoms with E-state index in [4.69, 9.17) is 9.52 Å². The molecule has 6 nitrogen and oxygen atoms in total. The highest BCUT2D eigenvalue weighted by molar-refractivity contribution is 5.77. The van der Waals surface area contributed by atoms with Crippen molar-refractivity contribution in [1.29, 1.82) is 0 Å². The van der Waals surface area contributed by atoms with E-state index in [0.29, 0.717) is 0 Å². The molecule has 0 aliphatic heterocycles. The van der Waals surface area contributed by atoms with Crippen LogP contribution in [0.2, 0.25) is 0 Å². The highest BCUT2D eigenvalue weighted by Crippen LogP contribution is 2.34. The van der Waals surface area contributed by atoms with E-state index in [9.17, 15) is 9.59 Å². The number of hydrogen-bond donors (Lipinski definition) is 3. The molecular weight excluding hydrogens is 272 g/mol. The van der Waals surface area contributed by atoms with Crippen LogP contribution in [-0.4, -0.2) is 28.7 Å². The van der Waals surface area contributed by atoms with Crippen molar-refractivity contribution < 1.29 is 19.1 Å². The Morgan fingerprint density at radius 3 is 2.76 bits per heavy atom. The van der Waals surface area contributed by atoms with Crippen molar-refractivity contribution in [3.63, 3.8) is 0 Å². The van der Waals surface area contributed by atoms with Crippen molar-refractivity contribution in [3.8, 4) is 0 Å². The lowest BCUT2D eigenvalue weighted by molar-refractivity contribution is -0.139. The molecule has 6 heteroatoms. The first-order valence-corrected chi connectivity index (χ1v) is 7.32. The lowest BCUT2D eigenvalue weighted by atomic mass is 9.74. The van der Waals surface area contributed by atoms with Crippen LogP contribution < -0.4 is 10.6 Å². The molecule has 1 unspecified atom stereocenters. The van der Waals surface area contributed by atoms with E-state index in [0.717, 1.165) is 37.9 Å². The second kappa shape index (κ2) is 6.65. The first-order valence-electron chi connectivity index (χ1n) is 7.32. The van der Waals surface area contributed by atoms with Crippen LogP contribution in [0.25, 0.3) is 0 Å². The fourth-order valence-corrected chi connectivity index (χ4v) is 2.63. The summed E-state index contributed by atoms with van der Waals surface area (Å²) in [6.07, 6.45) is 5.57. The van der Waals surface area contributed by atoms with Gasteiger partial charge in [0.05, 0.1) is 18.2 Å². The average Bonchev–Trinajstić information content (AvgIpc) is 2.86. The minimum Gasteiger partial charge on any atom is -0.481 e. The Bertz CT molecular complexity index is 480. The molecule has 116 valence electrons. The van der Waals surface area contributed by atoms with Gasteiger partial charge in [-0.1, -0.05) is 0 Å². The van der Waals surface area contributed by atoms with E-state index in [1.807, 2.05) is 19.1 Å². The third kappa shape index (κ3) is 4.51. The Labute approximate surface area is 123 Å². The predicted molar refractivity (Wildman–Crippen MR) is 77.0 cm³/mol. The number of carbonyl (C=O) groups excluding carboxylic acids is 1. The molecule has 21 heavy (non-hydrogen) atoms. The maximum atomic E-state index is 12.0. The number of urea groups is 1. The summed E-state index contributed by atoms with van der Waals surface area (Å²) in [7, 11) is 0. The Kier molecular flexibility index (Phi) is 4.88. The van der Waals surface area contributed by atoms with Crippen LogP contribution in [0.3, 0.4) is 0 Å². The zero-order chi connectivity index (χ0) is 15.3. The summed E-state index contributed by atoms with van der Waals surface area (Å²) in [5.41, 5.74) is -0.559. The molecule has 0 bridgehead atoms. The monoisotopic (exact) mass is 294 g/mol. The molecule has 2 amide bonds. The van der Waals surface area contributed by atoms with Crippen molar-refractivity contribution in [2.24, 2.45) is 0 Å². The number of hydrogen-bond acceptors (Lipinski definition) is 3. The molecule has 0 saturated heterocycles. The minimum absolute atomic E-state index is 0.00273. The highest BCUT2D eigenvalue weighted by Gasteiger charge is 2.40.